The minimum Gasteiger partial charge on any atom is -0.391 e. The lowest BCUT2D eigenvalue weighted by molar-refractivity contribution is -0.113. The van der Waals surface area contributed by atoms with Gasteiger partial charge in [0.05, 0.1) is 30.0 Å². The molecule has 1 N–H and O–H groups in total. The molecule has 1 aliphatic rings. The molecule has 1 atom stereocenters. The van der Waals surface area contributed by atoms with E-state index in [0.29, 0.717) is 24.4 Å². The molecule has 144 valence electrons. The van der Waals surface area contributed by atoms with Crippen molar-refractivity contribution in [1.29, 1.82) is 0 Å². The Morgan fingerprint density at radius 3 is 2.86 bits per heavy atom. The van der Waals surface area contributed by atoms with Gasteiger partial charge in [0.1, 0.15) is 0 Å². The number of β-amino-alcohol motifs (C(OH)–C–C–N with tert-alkyl or cyclic N) is 1. The zero-order valence-electron chi connectivity index (χ0n) is 15.8. The number of rotatable bonds is 5. The van der Waals surface area contributed by atoms with Crippen LogP contribution in [0.25, 0.3) is 11.2 Å². The number of carbonyl (C=O) groups is 1. The minimum atomic E-state index is -0.343. The Kier molecular flexibility index (Phi) is 4.83. The van der Waals surface area contributed by atoms with E-state index in [0.717, 1.165) is 30.0 Å². The predicted octanol–water partition coefficient (Wildman–Crippen LogP) is 2.20. The second-order valence-corrected chi connectivity index (χ2v) is 7.01. The first-order valence-electron chi connectivity index (χ1n) is 9.30. The monoisotopic (exact) mass is 377 g/mol. The number of amides is 1. The van der Waals surface area contributed by atoms with Gasteiger partial charge in [0.15, 0.2) is 5.65 Å². The van der Waals surface area contributed by atoms with Gasteiger partial charge >= 0.3 is 0 Å². The van der Waals surface area contributed by atoms with Crippen LogP contribution in [0.1, 0.15) is 12.0 Å². The number of aliphatic hydroxyl groups excluding tert-OH is 1. The van der Waals surface area contributed by atoms with Gasteiger partial charge in [-0.05, 0) is 24.1 Å². The van der Waals surface area contributed by atoms with Crippen molar-refractivity contribution in [1.82, 2.24) is 14.5 Å². The van der Waals surface area contributed by atoms with E-state index in [4.69, 9.17) is 4.98 Å². The van der Waals surface area contributed by atoms with E-state index >= 15 is 0 Å². The van der Waals surface area contributed by atoms with Crippen LogP contribution in [0.5, 0.6) is 0 Å². The summed E-state index contributed by atoms with van der Waals surface area (Å²) in [5.41, 5.74) is 3.29. The second-order valence-electron chi connectivity index (χ2n) is 7.01. The van der Waals surface area contributed by atoms with E-state index in [1.54, 1.807) is 13.2 Å². The summed E-state index contributed by atoms with van der Waals surface area (Å²) in [5, 5.41) is 9.97. The van der Waals surface area contributed by atoms with Gasteiger partial charge in [-0.15, -0.1) is 0 Å². The summed E-state index contributed by atoms with van der Waals surface area (Å²) in [6.45, 7) is 5.48. The average Bonchev–Trinajstić information content (AvgIpc) is 3.31. The van der Waals surface area contributed by atoms with Crippen LogP contribution in [0.2, 0.25) is 0 Å². The molecule has 0 radical (unpaired) electrons. The number of benzene rings is 1. The number of pyridine rings is 1. The van der Waals surface area contributed by atoms with Crippen LogP contribution in [0.3, 0.4) is 0 Å². The van der Waals surface area contributed by atoms with Crippen LogP contribution in [0, 0.1) is 0 Å². The second kappa shape index (κ2) is 7.44. The third-order valence-corrected chi connectivity index (χ3v) is 5.09. The maximum absolute atomic E-state index is 12.0. The maximum Gasteiger partial charge on any atom is 0.250 e. The summed E-state index contributed by atoms with van der Waals surface area (Å²) in [4.78, 5) is 24.8. The third kappa shape index (κ3) is 3.36. The van der Waals surface area contributed by atoms with Gasteiger partial charge in [0.25, 0.3) is 0 Å². The standard InChI is InChI=1S/C21H23N5O2/c1-3-19(28)24(2)16-11-18-20(22-12-16)23-21(25-10-9-17(27)14-25)26(18)13-15-7-5-4-6-8-15/h3-8,11-12,17,27H,1,9-10,13-14H2,2H3/t17-/m0/s1. The molecule has 1 aromatic carbocycles. The molecule has 0 bridgehead atoms. The molecule has 0 saturated carbocycles. The summed E-state index contributed by atoms with van der Waals surface area (Å²) in [6, 6.07) is 12.1. The van der Waals surface area contributed by atoms with E-state index in [1.807, 2.05) is 24.3 Å². The molecule has 4 rings (SSSR count). The number of hydrogen-bond acceptors (Lipinski definition) is 5. The van der Waals surface area contributed by atoms with Crippen LogP contribution in [0.15, 0.2) is 55.3 Å². The number of nitrogens with zero attached hydrogens (tertiary/aromatic N) is 5. The molecule has 2 aromatic heterocycles. The fraction of sp³-hybridized carbons (Fsp3) is 0.286. The topological polar surface area (TPSA) is 74.5 Å². The van der Waals surface area contributed by atoms with Crippen molar-refractivity contribution >= 4 is 28.7 Å². The highest BCUT2D eigenvalue weighted by Gasteiger charge is 2.26. The number of hydrogen-bond donors (Lipinski definition) is 1. The SMILES string of the molecule is C=CC(=O)N(C)c1cnc2nc(N3CC[C@H](O)C3)n(Cc3ccccc3)c2c1. The molecule has 0 spiro atoms. The van der Waals surface area contributed by atoms with Crippen LogP contribution in [0.4, 0.5) is 11.6 Å². The van der Waals surface area contributed by atoms with Gasteiger partial charge in [-0.2, -0.15) is 4.98 Å². The van der Waals surface area contributed by atoms with Gasteiger partial charge in [-0.25, -0.2) is 4.98 Å². The summed E-state index contributed by atoms with van der Waals surface area (Å²) in [7, 11) is 1.70. The highest BCUT2D eigenvalue weighted by molar-refractivity contribution is 6.01. The maximum atomic E-state index is 12.0. The molecule has 1 amide bonds. The smallest absolute Gasteiger partial charge is 0.250 e. The van der Waals surface area contributed by atoms with Crippen molar-refractivity contribution in [2.45, 2.75) is 19.1 Å². The molecule has 7 heteroatoms. The van der Waals surface area contributed by atoms with Gasteiger partial charge < -0.3 is 19.5 Å². The van der Waals surface area contributed by atoms with Crippen LogP contribution in [-0.4, -0.2) is 51.8 Å². The van der Waals surface area contributed by atoms with E-state index < -0.39 is 0 Å². The fourth-order valence-corrected chi connectivity index (χ4v) is 3.52. The number of aromatic nitrogens is 3. The predicted molar refractivity (Wildman–Crippen MR) is 110 cm³/mol. The van der Waals surface area contributed by atoms with E-state index in [9.17, 15) is 9.90 Å². The Morgan fingerprint density at radius 2 is 2.18 bits per heavy atom. The van der Waals surface area contributed by atoms with Crippen molar-refractivity contribution in [2.24, 2.45) is 0 Å². The van der Waals surface area contributed by atoms with Crippen LogP contribution >= 0.6 is 0 Å². The van der Waals surface area contributed by atoms with Crippen molar-refractivity contribution in [2.75, 3.05) is 29.9 Å². The lowest BCUT2D eigenvalue weighted by Gasteiger charge is -2.19. The molecular formula is C21H23N5O2. The quantitative estimate of drug-likeness (QED) is 0.690. The molecular weight excluding hydrogens is 354 g/mol. The zero-order valence-corrected chi connectivity index (χ0v) is 15.8. The first-order chi connectivity index (χ1) is 13.6. The Balaban J connectivity index is 1.82. The van der Waals surface area contributed by atoms with Crippen molar-refractivity contribution in [3.8, 4) is 0 Å². The number of imidazole rings is 1. The van der Waals surface area contributed by atoms with E-state index in [-0.39, 0.29) is 12.0 Å². The highest BCUT2D eigenvalue weighted by atomic mass is 16.3. The van der Waals surface area contributed by atoms with Crippen molar-refractivity contribution in [3.05, 3.63) is 60.8 Å². The summed E-state index contributed by atoms with van der Waals surface area (Å²) in [5.74, 6) is 0.593. The van der Waals surface area contributed by atoms with Gasteiger partial charge in [-0.3, -0.25) is 4.79 Å². The Bertz CT molecular complexity index is 1010. The highest BCUT2D eigenvalue weighted by Crippen LogP contribution is 2.28. The number of anilines is 2. The first kappa shape index (κ1) is 18.2. The fourth-order valence-electron chi connectivity index (χ4n) is 3.52. The van der Waals surface area contributed by atoms with Gasteiger partial charge in [-0.1, -0.05) is 36.9 Å². The molecule has 28 heavy (non-hydrogen) atoms. The average molecular weight is 377 g/mol. The largest absolute Gasteiger partial charge is 0.391 e. The van der Waals surface area contributed by atoms with E-state index in [1.165, 1.54) is 11.0 Å². The Morgan fingerprint density at radius 1 is 1.39 bits per heavy atom. The van der Waals surface area contributed by atoms with Crippen LogP contribution < -0.4 is 9.80 Å². The molecule has 3 aromatic rings. The first-order valence-corrected chi connectivity index (χ1v) is 9.30. The summed E-state index contributed by atoms with van der Waals surface area (Å²) in [6.07, 6.45) is 3.31. The lowest BCUT2D eigenvalue weighted by Crippen LogP contribution is -2.25. The molecule has 0 unspecified atom stereocenters. The van der Waals surface area contributed by atoms with Gasteiger partial charge in [0.2, 0.25) is 11.9 Å². The van der Waals surface area contributed by atoms with Crippen molar-refractivity contribution in [3.63, 3.8) is 0 Å². The number of likely N-dealkylation sites (N-methyl/N-ethyl adjacent to an activating group) is 1. The van der Waals surface area contributed by atoms with Gasteiger partial charge in [0, 0.05) is 20.1 Å². The van der Waals surface area contributed by atoms with Crippen molar-refractivity contribution < 1.29 is 9.90 Å². The zero-order chi connectivity index (χ0) is 19.7. The third-order valence-electron chi connectivity index (χ3n) is 5.09. The molecule has 1 fully saturated rings. The Labute approximate surface area is 163 Å². The minimum absolute atomic E-state index is 0.196. The molecule has 1 aliphatic heterocycles. The summed E-state index contributed by atoms with van der Waals surface area (Å²) < 4.78 is 2.10. The molecule has 0 aliphatic carbocycles. The van der Waals surface area contributed by atoms with Crippen LogP contribution in [-0.2, 0) is 11.3 Å². The molecule has 1 saturated heterocycles. The number of carbonyl (C=O) groups excluding carboxylic acids is 1. The summed E-state index contributed by atoms with van der Waals surface area (Å²) >= 11 is 0. The lowest BCUT2D eigenvalue weighted by atomic mass is 10.2. The molecule has 7 nitrogen and oxygen atoms in total. The number of fused-ring (bicyclic) bond motifs is 1. The number of aliphatic hydroxyl groups is 1. The normalized spacial score (nSPS) is 16.5. The Hall–Kier alpha value is -3.19. The van der Waals surface area contributed by atoms with E-state index in [2.05, 4.69) is 33.2 Å². The molecule has 3 heterocycles.